The molecule has 0 radical (unpaired) electrons. The lowest BCUT2D eigenvalue weighted by atomic mass is 10.0. The fraction of sp³-hybridized carbons (Fsp3) is 0.0556. The molecule has 1 N–H and O–H groups in total. The zero-order valence-electron chi connectivity index (χ0n) is 13.1. The average molecular weight is 360 g/mol. The van der Waals surface area contributed by atoms with E-state index in [0.29, 0.717) is 5.69 Å². The third kappa shape index (κ3) is 3.80. The van der Waals surface area contributed by atoms with E-state index in [-0.39, 0.29) is 16.7 Å². The molecule has 1 amide bonds. The Kier molecular flexibility index (Phi) is 4.57. The van der Waals surface area contributed by atoms with Gasteiger partial charge in [0.15, 0.2) is 5.78 Å². The van der Waals surface area contributed by atoms with Crippen LogP contribution in [0.5, 0.6) is 0 Å². The molecule has 0 fully saturated rings. The van der Waals surface area contributed by atoms with E-state index < -0.39 is 23.4 Å². The first-order chi connectivity index (χ1) is 12.3. The van der Waals surface area contributed by atoms with Crippen molar-refractivity contribution in [1.29, 1.82) is 0 Å². The van der Waals surface area contributed by atoms with Crippen molar-refractivity contribution in [3.63, 3.8) is 0 Å². The van der Waals surface area contributed by atoms with E-state index in [1.54, 1.807) is 0 Å². The van der Waals surface area contributed by atoms with Gasteiger partial charge in [0.05, 0.1) is 17.3 Å². The van der Waals surface area contributed by atoms with Crippen molar-refractivity contribution < 1.29 is 27.3 Å². The van der Waals surface area contributed by atoms with Gasteiger partial charge in [0.25, 0.3) is 5.91 Å². The van der Waals surface area contributed by atoms with Gasteiger partial charge in [-0.1, -0.05) is 17.3 Å². The topological polar surface area (TPSA) is 72.2 Å². The number of carbonyl (C=O) groups is 2. The predicted molar refractivity (Wildman–Crippen MR) is 85.8 cm³/mol. The number of alkyl halides is 3. The molecule has 132 valence electrons. The first-order valence-corrected chi connectivity index (χ1v) is 7.37. The molecule has 5 nitrogen and oxygen atoms in total. The molecular formula is C18H11F3N2O3. The van der Waals surface area contributed by atoms with Crippen molar-refractivity contribution in [3.8, 4) is 0 Å². The van der Waals surface area contributed by atoms with Gasteiger partial charge in [0, 0.05) is 16.8 Å². The standard InChI is InChI=1S/C18H11F3N2O3/c19-18(20,21)14-5-1-11(2-6-14)16(24)12-3-7-15(8-4-12)23-17(25)13-9-22-26-10-13/h1-10H,(H,23,25). The molecule has 0 aliphatic rings. The number of hydrogen-bond acceptors (Lipinski definition) is 4. The van der Waals surface area contributed by atoms with Gasteiger partial charge in [-0.05, 0) is 36.4 Å². The van der Waals surface area contributed by atoms with Crippen LogP contribution in [0.1, 0.15) is 31.8 Å². The first-order valence-electron chi connectivity index (χ1n) is 7.37. The summed E-state index contributed by atoms with van der Waals surface area (Å²) >= 11 is 0. The molecule has 0 aliphatic heterocycles. The molecule has 8 heteroatoms. The smallest absolute Gasteiger partial charge is 0.364 e. The lowest BCUT2D eigenvalue weighted by Crippen LogP contribution is -2.11. The van der Waals surface area contributed by atoms with Crippen LogP contribution in [-0.2, 0) is 6.18 Å². The van der Waals surface area contributed by atoms with Crippen LogP contribution < -0.4 is 5.32 Å². The van der Waals surface area contributed by atoms with Gasteiger partial charge in [0.2, 0.25) is 0 Å². The highest BCUT2D eigenvalue weighted by atomic mass is 19.4. The summed E-state index contributed by atoms with van der Waals surface area (Å²) in [5.74, 6) is -0.844. The minimum Gasteiger partial charge on any atom is -0.364 e. The van der Waals surface area contributed by atoms with Crippen LogP contribution in [-0.4, -0.2) is 16.8 Å². The SMILES string of the molecule is O=C(Nc1ccc(C(=O)c2ccc(C(F)(F)F)cc2)cc1)c1cnoc1. The number of hydrogen-bond donors (Lipinski definition) is 1. The van der Waals surface area contributed by atoms with Crippen LogP contribution >= 0.6 is 0 Å². The summed E-state index contributed by atoms with van der Waals surface area (Å²) < 4.78 is 42.3. The summed E-state index contributed by atoms with van der Waals surface area (Å²) in [6.45, 7) is 0. The molecule has 0 saturated heterocycles. The molecule has 0 bridgehead atoms. The highest BCUT2D eigenvalue weighted by molar-refractivity contribution is 6.09. The molecule has 0 unspecified atom stereocenters. The number of nitrogens with zero attached hydrogens (tertiary/aromatic N) is 1. The normalized spacial score (nSPS) is 11.2. The Hall–Kier alpha value is -3.42. The monoisotopic (exact) mass is 360 g/mol. The van der Waals surface area contributed by atoms with Gasteiger partial charge in [-0.25, -0.2) is 0 Å². The number of rotatable bonds is 4. The largest absolute Gasteiger partial charge is 0.416 e. The Labute approximate surface area is 145 Å². The second-order valence-corrected chi connectivity index (χ2v) is 5.35. The molecule has 1 heterocycles. The lowest BCUT2D eigenvalue weighted by Gasteiger charge is -2.08. The van der Waals surface area contributed by atoms with Crippen LogP contribution in [0.3, 0.4) is 0 Å². The van der Waals surface area contributed by atoms with E-state index >= 15 is 0 Å². The van der Waals surface area contributed by atoms with Gasteiger partial charge < -0.3 is 9.84 Å². The summed E-state index contributed by atoms with van der Waals surface area (Å²) in [5, 5.41) is 6.03. The van der Waals surface area contributed by atoms with E-state index in [2.05, 4.69) is 15.0 Å². The molecule has 0 aliphatic carbocycles. The molecule has 3 rings (SSSR count). The van der Waals surface area contributed by atoms with Gasteiger partial charge in [-0.2, -0.15) is 13.2 Å². The van der Waals surface area contributed by atoms with Crippen molar-refractivity contribution in [1.82, 2.24) is 5.16 Å². The number of nitrogens with one attached hydrogen (secondary N) is 1. The Morgan fingerprint density at radius 2 is 1.46 bits per heavy atom. The summed E-state index contributed by atoms with van der Waals surface area (Å²) in [6.07, 6.45) is -2.00. The highest BCUT2D eigenvalue weighted by Gasteiger charge is 2.30. The van der Waals surface area contributed by atoms with Gasteiger partial charge >= 0.3 is 6.18 Å². The number of anilines is 1. The Morgan fingerprint density at radius 1 is 0.885 bits per heavy atom. The van der Waals surface area contributed by atoms with Crippen molar-refractivity contribution in [3.05, 3.63) is 83.2 Å². The average Bonchev–Trinajstić information content (AvgIpc) is 3.16. The molecule has 0 atom stereocenters. The number of benzene rings is 2. The van der Waals surface area contributed by atoms with Crippen molar-refractivity contribution in [2.75, 3.05) is 5.32 Å². The van der Waals surface area contributed by atoms with Crippen LogP contribution in [0.15, 0.2) is 65.5 Å². The van der Waals surface area contributed by atoms with Gasteiger partial charge in [0.1, 0.15) is 6.26 Å². The number of halogens is 3. The van der Waals surface area contributed by atoms with Crippen LogP contribution in [0, 0.1) is 0 Å². The Bertz CT molecular complexity index is 916. The summed E-state index contributed by atoms with van der Waals surface area (Å²) in [5.41, 5.74) is 0.294. The van der Waals surface area contributed by atoms with Crippen molar-refractivity contribution in [2.45, 2.75) is 6.18 Å². The Balaban J connectivity index is 1.71. The van der Waals surface area contributed by atoms with E-state index in [9.17, 15) is 22.8 Å². The quantitative estimate of drug-likeness (QED) is 0.709. The van der Waals surface area contributed by atoms with E-state index in [0.717, 1.165) is 24.3 Å². The molecular weight excluding hydrogens is 349 g/mol. The maximum Gasteiger partial charge on any atom is 0.416 e. The number of aromatic nitrogens is 1. The van der Waals surface area contributed by atoms with Crippen molar-refractivity contribution >= 4 is 17.4 Å². The third-order valence-electron chi connectivity index (χ3n) is 3.57. The zero-order chi connectivity index (χ0) is 18.7. The van der Waals surface area contributed by atoms with Crippen molar-refractivity contribution in [2.24, 2.45) is 0 Å². The van der Waals surface area contributed by atoms with Crippen LogP contribution in [0.2, 0.25) is 0 Å². The zero-order valence-corrected chi connectivity index (χ0v) is 13.1. The number of ketones is 1. The molecule has 1 aromatic heterocycles. The summed E-state index contributed by atoms with van der Waals surface area (Å²) in [6, 6.07) is 9.97. The third-order valence-corrected chi connectivity index (χ3v) is 3.57. The second-order valence-electron chi connectivity index (χ2n) is 5.35. The predicted octanol–water partition coefficient (Wildman–Crippen LogP) is 4.18. The highest BCUT2D eigenvalue weighted by Crippen LogP contribution is 2.29. The van der Waals surface area contributed by atoms with Crippen LogP contribution in [0.4, 0.5) is 18.9 Å². The van der Waals surface area contributed by atoms with E-state index in [4.69, 9.17) is 0 Å². The fourth-order valence-corrected chi connectivity index (χ4v) is 2.20. The molecule has 0 saturated carbocycles. The maximum absolute atomic E-state index is 12.6. The minimum absolute atomic E-state index is 0.138. The van der Waals surface area contributed by atoms with Gasteiger partial charge in [-0.15, -0.1) is 0 Å². The van der Waals surface area contributed by atoms with Crippen LogP contribution in [0.25, 0.3) is 0 Å². The number of amides is 1. The molecule has 2 aromatic carbocycles. The number of carbonyl (C=O) groups excluding carboxylic acids is 2. The van der Waals surface area contributed by atoms with Gasteiger partial charge in [-0.3, -0.25) is 9.59 Å². The first kappa shape index (κ1) is 17.4. The molecule has 0 spiro atoms. The Morgan fingerprint density at radius 3 is 1.96 bits per heavy atom. The lowest BCUT2D eigenvalue weighted by molar-refractivity contribution is -0.137. The molecule has 3 aromatic rings. The van der Waals surface area contributed by atoms with E-state index in [1.165, 1.54) is 36.7 Å². The summed E-state index contributed by atoms with van der Waals surface area (Å²) in [4.78, 5) is 24.2. The maximum atomic E-state index is 12.6. The van der Waals surface area contributed by atoms with E-state index in [1.807, 2.05) is 0 Å². The summed E-state index contributed by atoms with van der Waals surface area (Å²) in [7, 11) is 0. The fourth-order valence-electron chi connectivity index (χ4n) is 2.20. The molecule has 26 heavy (non-hydrogen) atoms. The second kappa shape index (κ2) is 6.83. The minimum atomic E-state index is -4.45.